The van der Waals surface area contributed by atoms with Gasteiger partial charge in [0.15, 0.2) is 4.32 Å². The second kappa shape index (κ2) is 6.90. The molecule has 8 heteroatoms. The van der Waals surface area contributed by atoms with Crippen LogP contribution in [0.15, 0.2) is 59.8 Å². The number of carboxylic acid groups (broad SMARTS) is 1. The van der Waals surface area contributed by atoms with Crippen LogP contribution in [-0.2, 0) is 4.79 Å². The molecule has 27 heavy (non-hydrogen) atoms. The number of hydrogen-bond acceptors (Lipinski definition) is 6. The van der Waals surface area contributed by atoms with Crippen molar-refractivity contribution in [3.05, 3.63) is 70.9 Å². The molecule has 0 bridgehead atoms. The third-order valence-electron chi connectivity index (χ3n) is 3.96. The Balaban J connectivity index is 1.74. The fraction of sp³-hybridized carbons (Fsp3) is 0. The lowest BCUT2D eigenvalue weighted by molar-refractivity contribution is -0.113. The molecule has 0 saturated carbocycles. The molecule has 3 aromatic rings. The number of carbonyl (C=O) groups excluding carboxylic acids is 1. The van der Waals surface area contributed by atoms with Gasteiger partial charge >= 0.3 is 5.97 Å². The molecule has 2 heterocycles. The van der Waals surface area contributed by atoms with Crippen molar-refractivity contribution in [2.24, 2.45) is 0 Å². The molecule has 2 aromatic carbocycles. The summed E-state index contributed by atoms with van der Waals surface area (Å²) in [6, 6.07) is 11.7. The molecular formula is C19H11N3O3S2. The number of fused-ring (bicyclic) bond motifs is 1. The molecule has 1 aliphatic rings. The SMILES string of the molecule is O=C(O)c1cccc(N2C(=O)C(=Cc3cccc4nccnc34)SC2=S)c1. The standard InChI is InChI=1S/C19H11N3O3S2/c23-17-15(10-11-3-2-6-14-16(11)21-8-7-20-14)27-19(26)22(17)13-5-1-4-12(9-13)18(24)25/h1-10H,(H,24,25). The average Bonchev–Trinajstić information content (AvgIpc) is 2.95. The fourth-order valence-electron chi connectivity index (χ4n) is 2.74. The normalized spacial score (nSPS) is 15.7. The summed E-state index contributed by atoms with van der Waals surface area (Å²) in [4.78, 5) is 34.5. The van der Waals surface area contributed by atoms with Crippen LogP contribution in [0.25, 0.3) is 17.1 Å². The number of amides is 1. The quantitative estimate of drug-likeness (QED) is 0.536. The third kappa shape index (κ3) is 3.20. The lowest BCUT2D eigenvalue weighted by Crippen LogP contribution is -2.27. The molecular weight excluding hydrogens is 382 g/mol. The molecule has 0 unspecified atom stereocenters. The van der Waals surface area contributed by atoms with Crippen molar-refractivity contribution in [2.45, 2.75) is 0 Å². The molecule has 1 N–H and O–H groups in total. The number of para-hydroxylation sites is 1. The Labute approximate surface area is 163 Å². The Hall–Kier alpha value is -3.10. The van der Waals surface area contributed by atoms with Crippen LogP contribution in [-0.4, -0.2) is 31.3 Å². The zero-order valence-electron chi connectivity index (χ0n) is 13.7. The van der Waals surface area contributed by atoms with Crippen LogP contribution >= 0.6 is 24.0 Å². The van der Waals surface area contributed by atoms with E-state index in [0.29, 0.717) is 20.4 Å². The van der Waals surface area contributed by atoms with Crippen LogP contribution < -0.4 is 4.90 Å². The highest BCUT2D eigenvalue weighted by Gasteiger charge is 2.33. The summed E-state index contributed by atoms with van der Waals surface area (Å²) in [5.41, 5.74) is 2.71. The summed E-state index contributed by atoms with van der Waals surface area (Å²) in [7, 11) is 0. The topological polar surface area (TPSA) is 83.4 Å². The molecule has 0 aliphatic carbocycles. The summed E-state index contributed by atoms with van der Waals surface area (Å²) in [5.74, 6) is -1.36. The van der Waals surface area contributed by atoms with Gasteiger partial charge in [-0.3, -0.25) is 19.7 Å². The minimum atomic E-state index is -1.06. The molecule has 132 valence electrons. The monoisotopic (exact) mass is 393 g/mol. The Morgan fingerprint density at radius 2 is 1.93 bits per heavy atom. The van der Waals surface area contributed by atoms with Crippen LogP contribution in [0.5, 0.6) is 0 Å². The first-order chi connectivity index (χ1) is 13.0. The first-order valence-electron chi connectivity index (χ1n) is 7.85. The van der Waals surface area contributed by atoms with Crippen LogP contribution in [0.1, 0.15) is 15.9 Å². The van der Waals surface area contributed by atoms with E-state index in [1.54, 1.807) is 30.6 Å². The highest BCUT2D eigenvalue weighted by Crippen LogP contribution is 2.36. The van der Waals surface area contributed by atoms with Crippen molar-refractivity contribution >= 4 is 63.0 Å². The van der Waals surface area contributed by atoms with Crippen LogP contribution in [0.2, 0.25) is 0 Å². The van der Waals surface area contributed by atoms with Gasteiger partial charge < -0.3 is 5.11 Å². The predicted octanol–water partition coefficient (Wildman–Crippen LogP) is 3.73. The Morgan fingerprint density at radius 1 is 1.15 bits per heavy atom. The van der Waals surface area contributed by atoms with E-state index in [9.17, 15) is 9.59 Å². The van der Waals surface area contributed by atoms with Gasteiger partial charge in [-0.25, -0.2) is 4.79 Å². The summed E-state index contributed by atoms with van der Waals surface area (Å²) in [6.07, 6.45) is 4.95. The minimum absolute atomic E-state index is 0.0925. The second-order valence-corrected chi connectivity index (χ2v) is 7.32. The van der Waals surface area contributed by atoms with Crippen LogP contribution in [0.3, 0.4) is 0 Å². The van der Waals surface area contributed by atoms with E-state index in [2.05, 4.69) is 9.97 Å². The van der Waals surface area contributed by atoms with Crippen molar-refractivity contribution in [1.82, 2.24) is 9.97 Å². The maximum atomic E-state index is 12.9. The molecule has 1 aliphatic heterocycles. The maximum absolute atomic E-state index is 12.9. The molecule has 0 radical (unpaired) electrons. The molecule has 0 atom stereocenters. The van der Waals surface area contributed by atoms with Gasteiger partial charge in [-0.1, -0.05) is 42.2 Å². The number of rotatable bonds is 3. The number of thiocarbonyl (C=S) groups is 1. The van der Waals surface area contributed by atoms with E-state index >= 15 is 0 Å². The van der Waals surface area contributed by atoms with E-state index in [1.165, 1.54) is 28.8 Å². The summed E-state index contributed by atoms with van der Waals surface area (Å²) < 4.78 is 0.347. The van der Waals surface area contributed by atoms with Crippen LogP contribution in [0, 0.1) is 0 Å². The number of hydrogen-bond donors (Lipinski definition) is 1. The van der Waals surface area contributed by atoms with Gasteiger partial charge in [-0.05, 0) is 30.3 Å². The molecule has 1 aromatic heterocycles. The summed E-state index contributed by atoms with van der Waals surface area (Å²) >= 11 is 6.52. The molecule has 1 fully saturated rings. The van der Waals surface area contributed by atoms with E-state index in [0.717, 1.165) is 11.1 Å². The van der Waals surface area contributed by atoms with Gasteiger partial charge in [0, 0.05) is 18.0 Å². The van der Waals surface area contributed by atoms with Gasteiger partial charge in [0.2, 0.25) is 0 Å². The van der Waals surface area contributed by atoms with E-state index in [1.807, 2.05) is 18.2 Å². The van der Waals surface area contributed by atoms with Crippen molar-refractivity contribution in [1.29, 1.82) is 0 Å². The van der Waals surface area contributed by atoms with Crippen molar-refractivity contribution in [3.63, 3.8) is 0 Å². The number of aromatic carboxylic acids is 1. The van der Waals surface area contributed by atoms with Gasteiger partial charge in [0.25, 0.3) is 5.91 Å². The first kappa shape index (κ1) is 17.3. The van der Waals surface area contributed by atoms with Gasteiger partial charge in [-0.2, -0.15) is 0 Å². The molecule has 6 nitrogen and oxygen atoms in total. The summed E-state index contributed by atoms with van der Waals surface area (Å²) in [5, 5.41) is 9.17. The number of carboxylic acids is 1. The zero-order valence-corrected chi connectivity index (χ0v) is 15.3. The Bertz CT molecular complexity index is 1140. The van der Waals surface area contributed by atoms with Gasteiger partial charge in [-0.15, -0.1) is 0 Å². The highest BCUT2D eigenvalue weighted by molar-refractivity contribution is 8.27. The number of nitrogens with zero attached hydrogens (tertiary/aromatic N) is 3. The lowest BCUT2D eigenvalue weighted by Gasteiger charge is -2.14. The average molecular weight is 393 g/mol. The largest absolute Gasteiger partial charge is 0.478 e. The molecule has 0 spiro atoms. The number of anilines is 1. The Kier molecular flexibility index (Phi) is 4.43. The molecule has 1 saturated heterocycles. The van der Waals surface area contributed by atoms with Crippen molar-refractivity contribution in [2.75, 3.05) is 4.90 Å². The van der Waals surface area contributed by atoms with Gasteiger partial charge in [0.1, 0.15) is 0 Å². The van der Waals surface area contributed by atoms with E-state index < -0.39 is 5.97 Å². The van der Waals surface area contributed by atoms with E-state index in [4.69, 9.17) is 17.3 Å². The van der Waals surface area contributed by atoms with Crippen molar-refractivity contribution in [3.8, 4) is 0 Å². The lowest BCUT2D eigenvalue weighted by atomic mass is 10.1. The highest BCUT2D eigenvalue weighted by atomic mass is 32.2. The maximum Gasteiger partial charge on any atom is 0.335 e. The minimum Gasteiger partial charge on any atom is -0.478 e. The van der Waals surface area contributed by atoms with Crippen LogP contribution in [0.4, 0.5) is 5.69 Å². The zero-order chi connectivity index (χ0) is 19.0. The second-order valence-electron chi connectivity index (χ2n) is 5.64. The molecule has 4 rings (SSSR count). The smallest absolute Gasteiger partial charge is 0.335 e. The Morgan fingerprint density at radius 3 is 2.74 bits per heavy atom. The third-order valence-corrected chi connectivity index (χ3v) is 5.26. The number of aromatic nitrogens is 2. The number of carbonyl (C=O) groups is 2. The van der Waals surface area contributed by atoms with Gasteiger partial charge in [0.05, 0.1) is 27.2 Å². The van der Waals surface area contributed by atoms with E-state index in [-0.39, 0.29) is 11.5 Å². The van der Waals surface area contributed by atoms with Crippen molar-refractivity contribution < 1.29 is 14.7 Å². The summed E-state index contributed by atoms with van der Waals surface area (Å²) in [6.45, 7) is 0. The fourth-order valence-corrected chi connectivity index (χ4v) is 4.03. The first-order valence-corrected chi connectivity index (χ1v) is 9.08. The predicted molar refractivity (Wildman–Crippen MR) is 109 cm³/mol. The molecule has 1 amide bonds. The number of benzene rings is 2. The number of thioether (sulfide) groups is 1.